The van der Waals surface area contributed by atoms with Crippen molar-refractivity contribution in [3.63, 3.8) is 0 Å². The Hall–Kier alpha value is -3.13. The molecule has 0 atom stereocenters. The first kappa shape index (κ1) is 19.8. The van der Waals surface area contributed by atoms with Gasteiger partial charge in [-0.15, -0.1) is 11.3 Å². The summed E-state index contributed by atoms with van der Waals surface area (Å²) in [6.07, 6.45) is 5.93. The van der Waals surface area contributed by atoms with Gasteiger partial charge >= 0.3 is 5.97 Å². The molecule has 8 heteroatoms. The summed E-state index contributed by atoms with van der Waals surface area (Å²) < 4.78 is 5.82. The predicted molar refractivity (Wildman–Crippen MR) is 120 cm³/mol. The summed E-state index contributed by atoms with van der Waals surface area (Å²) in [5, 5.41) is 13.9. The highest BCUT2D eigenvalue weighted by atomic mass is 32.1. The number of carbonyl (C=O) groups is 1. The quantitative estimate of drug-likeness (QED) is 0.578. The number of fused-ring (bicyclic) bond motifs is 2. The number of oxime groups is 1. The van der Waals surface area contributed by atoms with Crippen molar-refractivity contribution in [2.45, 2.75) is 38.0 Å². The number of rotatable bonds is 5. The van der Waals surface area contributed by atoms with Crippen molar-refractivity contribution in [2.75, 3.05) is 14.2 Å². The number of aromatic carboxylic acids is 1. The molecule has 7 nitrogen and oxygen atoms in total. The van der Waals surface area contributed by atoms with Crippen molar-refractivity contribution in [1.82, 2.24) is 4.98 Å². The number of thiophene rings is 1. The maximum absolute atomic E-state index is 12.9. The zero-order chi connectivity index (χ0) is 21.7. The van der Waals surface area contributed by atoms with Crippen LogP contribution < -0.4 is 10.2 Å². The molecule has 3 aromatic rings. The summed E-state index contributed by atoms with van der Waals surface area (Å²) in [7, 11) is 3.16. The highest BCUT2D eigenvalue weighted by Crippen LogP contribution is 2.51. The van der Waals surface area contributed by atoms with Gasteiger partial charge in [-0.1, -0.05) is 5.16 Å². The van der Waals surface area contributed by atoms with Gasteiger partial charge in [0.25, 0.3) is 0 Å². The fraction of sp³-hybridized carbons (Fsp3) is 0.348. The van der Waals surface area contributed by atoms with Gasteiger partial charge in [-0.25, -0.2) is 4.79 Å². The van der Waals surface area contributed by atoms with Crippen molar-refractivity contribution in [2.24, 2.45) is 5.16 Å². The number of nitrogens with one attached hydrogen (secondary N) is 1. The summed E-state index contributed by atoms with van der Waals surface area (Å²) in [6, 6.07) is 4.09. The van der Waals surface area contributed by atoms with Crippen LogP contribution in [0.4, 0.5) is 0 Å². The van der Waals surface area contributed by atoms with E-state index in [1.807, 2.05) is 6.07 Å². The second-order valence-corrected chi connectivity index (χ2v) is 9.12. The second-order valence-electron chi connectivity index (χ2n) is 7.98. The molecule has 0 spiro atoms. The Morgan fingerprint density at radius 3 is 2.74 bits per heavy atom. The largest absolute Gasteiger partial charge is 0.494 e. The van der Waals surface area contributed by atoms with Crippen LogP contribution in [-0.4, -0.2) is 36.0 Å². The first-order valence-electron chi connectivity index (χ1n) is 10.2. The van der Waals surface area contributed by atoms with Crippen molar-refractivity contribution in [3.8, 4) is 16.2 Å². The van der Waals surface area contributed by atoms with E-state index in [-0.39, 0.29) is 5.56 Å². The molecule has 0 saturated heterocycles. The zero-order valence-electron chi connectivity index (χ0n) is 17.3. The minimum absolute atomic E-state index is 0.263. The molecule has 0 radical (unpaired) electrons. The standard InChI is InChI=1S/C23H22N2O5S/c1-29-22-19(18-7-12-5-6-13(25-30-2)8-17(12)31-18)14(11-3-4-11)9-15-20(22)24-10-16(21(15)26)23(27)28/h7,9-11H,3-6,8H2,1-2H3,(H,24,26)(H,27,28)/b25-13+. The third kappa shape index (κ3) is 3.31. The monoisotopic (exact) mass is 438 g/mol. The van der Waals surface area contributed by atoms with Crippen LogP contribution in [-0.2, 0) is 17.7 Å². The Morgan fingerprint density at radius 1 is 1.26 bits per heavy atom. The molecule has 31 heavy (non-hydrogen) atoms. The molecule has 0 unspecified atom stereocenters. The van der Waals surface area contributed by atoms with Gasteiger partial charge < -0.3 is 19.7 Å². The van der Waals surface area contributed by atoms with Crippen LogP contribution in [0.3, 0.4) is 0 Å². The molecule has 1 saturated carbocycles. The van der Waals surface area contributed by atoms with E-state index in [1.165, 1.54) is 16.6 Å². The molecule has 2 aliphatic carbocycles. The fourth-order valence-electron chi connectivity index (χ4n) is 4.40. The smallest absolute Gasteiger partial charge is 0.341 e. The van der Waals surface area contributed by atoms with E-state index in [4.69, 9.17) is 9.57 Å². The number of carboxylic acids is 1. The lowest BCUT2D eigenvalue weighted by Crippen LogP contribution is -2.16. The molecule has 0 aliphatic heterocycles. The number of nitrogens with zero attached hydrogens (tertiary/aromatic N) is 1. The number of H-pyrrole nitrogens is 1. The maximum Gasteiger partial charge on any atom is 0.341 e. The van der Waals surface area contributed by atoms with E-state index in [0.29, 0.717) is 22.6 Å². The van der Waals surface area contributed by atoms with Crippen molar-refractivity contribution in [3.05, 3.63) is 50.1 Å². The normalized spacial score (nSPS) is 17.0. The van der Waals surface area contributed by atoms with Crippen molar-refractivity contribution in [1.29, 1.82) is 0 Å². The minimum Gasteiger partial charge on any atom is -0.494 e. The van der Waals surface area contributed by atoms with E-state index in [9.17, 15) is 14.7 Å². The van der Waals surface area contributed by atoms with Gasteiger partial charge in [0.1, 0.15) is 12.7 Å². The molecular weight excluding hydrogens is 416 g/mol. The number of benzene rings is 1. The topological polar surface area (TPSA) is 101 Å². The molecule has 1 aromatic carbocycles. The van der Waals surface area contributed by atoms with Crippen LogP contribution >= 0.6 is 11.3 Å². The van der Waals surface area contributed by atoms with Crippen LogP contribution in [0, 0.1) is 0 Å². The molecule has 2 N–H and O–H groups in total. The number of methoxy groups -OCH3 is 1. The van der Waals surface area contributed by atoms with E-state index in [0.717, 1.165) is 53.8 Å². The molecule has 5 rings (SSSR count). The lowest BCUT2D eigenvalue weighted by molar-refractivity contribution is 0.0695. The van der Waals surface area contributed by atoms with Gasteiger partial charge in [0.05, 0.1) is 23.7 Å². The van der Waals surface area contributed by atoms with Crippen LogP contribution in [0.2, 0.25) is 0 Å². The van der Waals surface area contributed by atoms with Crippen LogP contribution in [0.15, 0.2) is 28.3 Å². The van der Waals surface area contributed by atoms with Crippen LogP contribution in [0.25, 0.3) is 21.3 Å². The number of aryl methyl sites for hydroxylation is 1. The number of aromatic nitrogens is 1. The number of carboxylic acid groups (broad SMARTS) is 1. The Bertz CT molecular complexity index is 1300. The van der Waals surface area contributed by atoms with Gasteiger partial charge in [0, 0.05) is 27.9 Å². The van der Waals surface area contributed by atoms with E-state index in [1.54, 1.807) is 25.6 Å². The number of pyridine rings is 1. The summed E-state index contributed by atoms with van der Waals surface area (Å²) >= 11 is 1.73. The van der Waals surface area contributed by atoms with E-state index in [2.05, 4.69) is 16.2 Å². The highest BCUT2D eigenvalue weighted by molar-refractivity contribution is 7.15. The second kappa shape index (κ2) is 7.53. The van der Waals surface area contributed by atoms with Crippen molar-refractivity contribution < 1.29 is 19.5 Å². The predicted octanol–water partition coefficient (Wildman–Crippen LogP) is 4.33. The average Bonchev–Trinajstić information content (AvgIpc) is 3.51. The van der Waals surface area contributed by atoms with Crippen LogP contribution in [0.5, 0.6) is 5.75 Å². The molecule has 160 valence electrons. The SMILES string of the molecule is CO/N=C1\CCc2cc(-c3c(C4CC4)cc4c(=O)c(C(=O)O)c[nH]c4c3OC)sc2C1. The number of aromatic amines is 1. The Labute approximate surface area is 182 Å². The molecule has 2 heterocycles. The third-order valence-corrected chi connectivity index (χ3v) is 7.22. The Kier molecular flexibility index (Phi) is 4.81. The van der Waals surface area contributed by atoms with E-state index >= 15 is 0 Å². The molecule has 1 fully saturated rings. The van der Waals surface area contributed by atoms with E-state index < -0.39 is 11.4 Å². The van der Waals surface area contributed by atoms with Gasteiger partial charge in [-0.3, -0.25) is 4.79 Å². The maximum atomic E-state index is 12.9. The van der Waals surface area contributed by atoms with Crippen molar-refractivity contribution >= 4 is 33.9 Å². The summed E-state index contributed by atoms with van der Waals surface area (Å²) in [5.74, 6) is -0.289. The summed E-state index contributed by atoms with van der Waals surface area (Å²) in [6.45, 7) is 0. The molecular formula is C23H22N2O5S. The molecule has 0 amide bonds. The number of ether oxygens (including phenoxy) is 1. The van der Waals surface area contributed by atoms with Gasteiger partial charge in [0.2, 0.25) is 5.43 Å². The molecule has 0 bridgehead atoms. The highest BCUT2D eigenvalue weighted by Gasteiger charge is 2.32. The first-order valence-corrected chi connectivity index (χ1v) is 11.0. The van der Waals surface area contributed by atoms with Gasteiger partial charge in [0.15, 0.2) is 5.75 Å². The number of hydrogen-bond donors (Lipinski definition) is 2. The molecule has 2 aromatic heterocycles. The third-order valence-electron chi connectivity index (χ3n) is 6.02. The summed E-state index contributed by atoms with van der Waals surface area (Å²) in [5.41, 5.74) is 4.20. The zero-order valence-corrected chi connectivity index (χ0v) is 18.1. The minimum atomic E-state index is -1.24. The van der Waals surface area contributed by atoms with Gasteiger partial charge in [-0.2, -0.15) is 0 Å². The van der Waals surface area contributed by atoms with Gasteiger partial charge in [-0.05, 0) is 54.9 Å². The van der Waals surface area contributed by atoms with Crippen LogP contribution in [0.1, 0.15) is 51.5 Å². The average molecular weight is 439 g/mol. The Morgan fingerprint density at radius 2 is 2.06 bits per heavy atom. The molecule has 2 aliphatic rings. The first-order chi connectivity index (χ1) is 15.0. The summed E-state index contributed by atoms with van der Waals surface area (Å²) in [4.78, 5) is 34.7. The lowest BCUT2D eigenvalue weighted by atomic mass is 9.94. The lowest BCUT2D eigenvalue weighted by Gasteiger charge is -2.16. The fourth-order valence-corrected chi connectivity index (χ4v) is 5.71. The number of hydrogen-bond acceptors (Lipinski definition) is 6. The Balaban J connectivity index is 1.73.